The van der Waals surface area contributed by atoms with Crippen molar-refractivity contribution in [2.24, 2.45) is 11.1 Å². The van der Waals surface area contributed by atoms with Crippen molar-refractivity contribution in [1.82, 2.24) is 4.90 Å². The average Bonchev–Trinajstić information content (AvgIpc) is 3.19. The minimum absolute atomic E-state index is 0.180. The Labute approximate surface area is 141 Å². The monoisotopic (exact) mass is 332 g/mol. The van der Waals surface area contributed by atoms with E-state index in [4.69, 9.17) is 19.6 Å². The Hall–Kier alpha value is -2.05. The number of rotatable bonds is 5. The molecule has 1 fully saturated rings. The minimum atomic E-state index is -0.490. The average molecular weight is 332 g/mol. The molecule has 130 valence electrons. The summed E-state index contributed by atoms with van der Waals surface area (Å²) in [4.78, 5) is 14.2. The van der Waals surface area contributed by atoms with Crippen LogP contribution in [0, 0.1) is 5.41 Å². The van der Waals surface area contributed by atoms with Gasteiger partial charge in [-0.05, 0) is 42.6 Å². The molecule has 0 amide bonds. The molecule has 1 aliphatic heterocycles. The van der Waals surface area contributed by atoms with Gasteiger partial charge in [0.2, 0.25) is 5.76 Å². The summed E-state index contributed by atoms with van der Waals surface area (Å²) in [6.45, 7) is 5.70. The van der Waals surface area contributed by atoms with E-state index >= 15 is 0 Å². The van der Waals surface area contributed by atoms with E-state index in [1.807, 2.05) is 12.1 Å². The molecule has 0 saturated carbocycles. The van der Waals surface area contributed by atoms with Gasteiger partial charge in [-0.1, -0.05) is 13.0 Å². The number of likely N-dealkylation sites (tertiary alicyclic amines) is 1. The number of hydrogen-bond acceptors (Lipinski definition) is 6. The Morgan fingerprint density at radius 2 is 2.21 bits per heavy atom. The van der Waals surface area contributed by atoms with Gasteiger partial charge >= 0.3 is 5.97 Å². The topological polar surface area (TPSA) is 77.9 Å². The third kappa shape index (κ3) is 2.99. The van der Waals surface area contributed by atoms with Crippen LogP contribution in [0.25, 0.3) is 11.0 Å². The van der Waals surface area contributed by atoms with E-state index in [1.54, 1.807) is 13.2 Å². The maximum Gasteiger partial charge on any atom is 0.373 e. The van der Waals surface area contributed by atoms with Crippen molar-refractivity contribution in [1.29, 1.82) is 0 Å². The first-order valence-corrected chi connectivity index (χ1v) is 8.10. The zero-order valence-corrected chi connectivity index (χ0v) is 14.4. The van der Waals surface area contributed by atoms with Crippen LogP contribution in [-0.2, 0) is 11.3 Å². The molecule has 2 aromatic rings. The van der Waals surface area contributed by atoms with Gasteiger partial charge in [-0.3, -0.25) is 4.90 Å². The SMILES string of the molecule is COC(=O)c1cc2c(CN3CCC(C)(CN)C3)ccc(OC)c2o1. The van der Waals surface area contributed by atoms with E-state index in [1.165, 1.54) is 7.11 Å². The lowest BCUT2D eigenvalue weighted by Gasteiger charge is -2.22. The van der Waals surface area contributed by atoms with Crippen molar-refractivity contribution in [3.63, 3.8) is 0 Å². The Balaban J connectivity index is 1.93. The summed E-state index contributed by atoms with van der Waals surface area (Å²) in [5.74, 6) is 0.305. The number of methoxy groups -OCH3 is 2. The molecule has 1 unspecified atom stereocenters. The number of ether oxygens (including phenoxy) is 2. The molecule has 0 aliphatic carbocycles. The number of carbonyl (C=O) groups is 1. The summed E-state index contributed by atoms with van der Waals surface area (Å²) >= 11 is 0. The van der Waals surface area contributed by atoms with Gasteiger partial charge in [0.25, 0.3) is 0 Å². The van der Waals surface area contributed by atoms with Crippen molar-refractivity contribution in [2.45, 2.75) is 19.9 Å². The van der Waals surface area contributed by atoms with Crippen LogP contribution in [0.5, 0.6) is 5.75 Å². The lowest BCUT2D eigenvalue weighted by atomic mass is 9.90. The summed E-state index contributed by atoms with van der Waals surface area (Å²) in [7, 11) is 2.92. The molecule has 6 nitrogen and oxygen atoms in total. The van der Waals surface area contributed by atoms with E-state index in [0.717, 1.165) is 37.0 Å². The van der Waals surface area contributed by atoms with Gasteiger partial charge < -0.3 is 19.6 Å². The summed E-state index contributed by atoms with van der Waals surface area (Å²) < 4.78 is 15.8. The Kier molecular flexibility index (Phi) is 4.51. The first kappa shape index (κ1) is 16.8. The zero-order valence-electron chi connectivity index (χ0n) is 14.4. The van der Waals surface area contributed by atoms with Crippen LogP contribution < -0.4 is 10.5 Å². The Morgan fingerprint density at radius 3 is 2.83 bits per heavy atom. The van der Waals surface area contributed by atoms with Crippen LogP contribution in [0.2, 0.25) is 0 Å². The highest BCUT2D eigenvalue weighted by Crippen LogP contribution is 2.34. The first-order chi connectivity index (χ1) is 11.5. The largest absolute Gasteiger partial charge is 0.493 e. The molecule has 2 heterocycles. The number of esters is 1. The molecule has 3 rings (SSSR count). The van der Waals surface area contributed by atoms with Crippen LogP contribution in [0.15, 0.2) is 22.6 Å². The smallest absolute Gasteiger partial charge is 0.373 e. The predicted octanol–water partition coefficient (Wildman–Crippen LogP) is 2.40. The van der Waals surface area contributed by atoms with E-state index in [9.17, 15) is 4.79 Å². The molecule has 1 saturated heterocycles. The van der Waals surface area contributed by atoms with Crippen LogP contribution in [0.3, 0.4) is 0 Å². The summed E-state index contributed by atoms with van der Waals surface area (Å²) in [6, 6.07) is 5.63. The lowest BCUT2D eigenvalue weighted by molar-refractivity contribution is 0.0567. The standard InChI is InChI=1S/C18H24N2O4/c1-18(10-19)6-7-20(11-18)9-12-4-5-14(22-2)16-13(12)8-15(24-16)17(21)23-3/h4-5,8H,6-7,9-11,19H2,1-3H3. The molecule has 1 aromatic heterocycles. The fourth-order valence-corrected chi connectivity index (χ4v) is 3.32. The summed E-state index contributed by atoms with van der Waals surface area (Å²) in [6.07, 6.45) is 1.10. The summed E-state index contributed by atoms with van der Waals surface area (Å²) in [5.41, 5.74) is 7.76. The van der Waals surface area contributed by atoms with Crippen LogP contribution in [-0.4, -0.2) is 44.7 Å². The van der Waals surface area contributed by atoms with E-state index < -0.39 is 5.97 Å². The molecular weight excluding hydrogens is 308 g/mol. The predicted molar refractivity (Wildman–Crippen MR) is 91.2 cm³/mol. The second-order valence-corrected chi connectivity index (χ2v) is 6.75. The van der Waals surface area contributed by atoms with Crippen molar-refractivity contribution in [3.05, 3.63) is 29.5 Å². The van der Waals surface area contributed by atoms with Crippen molar-refractivity contribution in [3.8, 4) is 5.75 Å². The molecule has 1 atom stereocenters. The number of benzene rings is 1. The maximum atomic E-state index is 11.8. The Morgan fingerprint density at radius 1 is 1.42 bits per heavy atom. The van der Waals surface area contributed by atoms with E-state index in [0.29, 0.717) is 17.9 Å². The highest BCUT2D eigenvalue weighted by Gasteiger charge is 2.32. The van der Waals surface area contributed by atoms with E-state index in [-0.39, 0.29) is 11.2 Å². The normalized spacial score (nSPS) is 21.3. The highest BCUT2D eigenvalue weighted by molar-refractivity contribution is 5.95. The van der Waals surface area contributed by atoms with Crippen molar-refractivity contribution >= 4 is 16.9 Å². The van der Waals surface area contributed by atoms with Crippen molar-refractivity contribution < 1.29 is 18.7 Å². The fourth-order valence-electron chi connectivity index (χ4n) is 3.32. The van der Waals surface area contributed by atoms with E-state index in [2.05, 4.69) is 11.8 Å². The van der Waals surface area contributed by atoms with Gasteiger partial charge in [-0.2, -0.15) is 0 Å². The molecule has 1 aromatic carbocycles. The van der Waals surface area contributed by atoms with Gasteiger partial charge in [0.15, 0.2) is 11.3 Å². The fraction of sp³-hybridized carbons (Fsp3) is 0.500. The number of fused-ring (bicyclic) bond motifs is 1. The molecule has 0 radical (unpaired) electrons. The van der Waals surface area contributed by atoms with Crippen LogP contribution in [0.1, 0.15) is 29.5 Å². The molecule has 0 bridgehead atoms. The third-order valence-electron chi connectivity index (χ3n) is 4.87. The molecule has 0 spiro atoms. The zero-order chi connectivity index (χ0) is 17.3. The first-order valence-electron chi connectivity index (χ1n) is 8.10. The number of nitrogens with two attached hydrogens (primary N) is 1. The third-order valence-corrected chi connectivity index (χ3v) is 4.87. The van der Waals surface area contributed by atoms with Crippen LogP contribution >= 0.6 is 0 Å². The van der Waals surface area contributed by atoms with Crippen LogP contribution in [0.4, 0.5) is 0 Å². The molecule has 1 aliphatic rings. The molecular formula is C18H24N2O4. The number of carbonyl (C=O) groups excluding carboxylic acids is 1. The summed E-state index contributed by atoms with van der Waals surface area (Å²) in [5, 5.41) is 0.885. The second kappa shape index (κ2) is 6.45. The van der Waals surface area contributed by atoms with Gasteiger partial charge in [0.05, 0.1) is 14.2 Å². The molecule has 24 heavy (non-hydrogen) atoms. The van der Waals surface area contributed by atoms with Gasteiger partial charge in [0.1, 0.15) is 0 Å². The van der Waals surface area contributed by atoms with Gasteiger partial charge in [0, 0.05) is 18.5 Å². The number of hydrogen-bond donors (Lipinski definition) is 1. The quantitative estimate of drug-likeness (QED) is 0.847. The number of furan rings is 1. The second-order valence-electron chi connectivity index (χ2n) is 6.75. The molecule has 6 heteroatoms. The maximum absolute atomic E-state index is 11.8. The lowest BCUT2D eigenvalue weighted by Crippen LogP contribution is -2.31. The highest BCUT2D eigenvalue weighted by atomic mass is 16.5. The number of nitrogens with zero attached hydrogens (tertiary/aromatic N) is 1. The molecule has 2 N–H and O–H groups in total. The Bertz CT molecular complexity index is 755. The van der Waals surface area contributed by atoms with Gasteiger partial charge in [-0.15, -0.1) is 0 Å². The van der Waals surface area contributed by atoms with Crippen molar-refractivity contribution in [2.75, 3.05) is 33.9 Å². The minimum Gasteiger partial charge on any atom is -0.493 e. The van der Waals surface area contributed by atoms with Gasteiger partial charge in [-0.25, -0.2) is 4.79 Å².